The zero-order chi connectivity index (χ0) is 21.5. The van der Waals surface area contributed by atoms with Gasteiger partial charge in [-0.15, -0.1) is 5.10 Å². The monoisotopic (exact) mass is 447 g/mol. The van der Waals surface area contributed by atoms with Crippen molar-refractivity contribution in [3.8, 4) is 5.75 Å². The standard InChI is InChI=1S/C20H15ClFN3O4S/c1-28-18(26)9-17-19(27)24-20(30-17)25-23-10-13-4-7-15(22)8-16(13)29-11-12-2-5-14(21)6-3-12/h2-10H,11H2,1H3,(H,24,25,27)/b17-9+,23-10?. The summed E-state index contributed by atoms with van der Waals surface area (Å²) in [7, 11) is 1.21. The van der Waals surface area contributed by atoms with Crippen molar-refractivity contribution < 1.29 is 23.5 Å². The van der Waals surface area contributed by atoms with E-state index in [1.54, 1.807) is 24.3 Å². The zero-order valence-corrected chi connectivity index (χ0v) is 17.2. The Morgan fingerprint density at radius 2 is 2.03 bits per heavy atom. The van der Waals surface area contributed by atoms with Gasteiger partial charge < -0.3 is 9.47 Å². The second-order valence-corrected chi connectivity index (χ2v) is 7.30. The normalized spacial score (nSPS) is 16.3. The summed E-state index contributed by atoms with van der Waals surface area (Å²) >= 11 is 6.81. The molecule has 154 valence electrons. The number of nitrogens with one attached hydrogen (secondary N) is 1. The minimum absolute atomic E-state index is 0.143. The van der Waals surface area contributed by atoms with Crippen LogP contribution in [-0.4, -0.2) is 30.4 Å². The van der Waals surface area contributed by atoms with Gasteiger partial charge in [0.1, 0.15) is 18.2 Å². The molecule has 2 aromatic carbocycles. The molecule has 3 rings (SSSR count). The fourth-order valence-corrected chi connectivity index (χ4v) is 3.13. The number of amides is 1. The van der Waals surface area contributed by atoms with Gasteiger partial charge in [-0.25, -0.2) is 9.18 Å². The van der Waals surface area contributed by atoms with Crippen molar-refractivity contribution in [1.29, 1.82) is 0 Å². The fourth-order valence-electron chi connectivity index (χ4n) is 2.27. The molecule has 30 heavy (non-hydrogen) atoms. The summed E-state index contributed by atoms with van der Waals surface area (Å²) in [5.41, 5.74) is 1.36. The van der Waals surface area contributed by atoms with Crippen molar-refractivity contribution in [2.75, 3.05) is 7.11 Å². The Bertz CT molecular complexity index is 1050. The first kappa shape index (κ1) is 21.5. The van der Waals surface area contributed by atoms with Gasteiger partial charge >= 0.3 is 5.97 Å². The van der Waals surface area contributed by atoms with E-state index in [0.717, 1.165) is 23.4 Å². The molecule has 7 nitrogen and oxygen atoms in total. The van der Waals surface area contributed by atoms with Gasteiger partial charge in [-0.05, 0) is 41.6 Å². The van der Waals surface area contributed by atoms with Crippen molar-refractivity contribution in [3.63, 3.8) is 0 Å². The Morgan fingerprint density at radius 1 is 1.27 bits per heavy atom. The number of halogens is 2. The molecular weight excluding hydrogens is 433 g/mol. The Labute approximate surface area is 180 Å². The molecule has 0 bridgehead atoms. The SMILES string of the molecule is COC(=O)/C=C1/S/C(=N\N=Cc2ccc(F)cc2OCc2ccc(Cl)cc2)NC1=O. The molecule has 2 aromatic rings. The van der Waals surface area contributed by atoms with Crippen LogP contribution in [-0.2, 0) is 20.9 Å². The molecule has 0 aliphatic carbocycles. The maximum Gasteiger partial charge on any atom is 0.331 e. The lowest BCUT2D eigenvalue weighted by molar-refractivity contribution is -0.135. The first-order valence-electron chi connectivity index (χ1n) is 8.51. The van der Waals surface area contributed by atoms with E-state index >= 15 is 0 Å². The number of ether oxygens (including phenoxy) is 2. The van der Waals surface area contributed by atoms with Crippen LogP contribution in [0.25, 0.3) is 0 Å². The van der Waals surface area contributed by atoms with Crippen LogP contribution in [0.5, 0.6) is 5.75 Å². The van der Waals surface area contributed by atoms with E-state index in [1.165, 1.54) is 31.5 Å². The number of carbonyl (C=O) groups excluding carboxylic acids is 2. The molecule has 0 spiro atoms. The van der Waals surface area contributed by atoms with E-state index in [-0.39, 0.29) is 22.4 Å². The summed E-state index contributed by atoms with van der Waals surface area (Å²) in [4.78, 5) is 23.2. The van der Waals surface area contributed by atoms with E-state index < -0.39 is 17.7 Å². The van der Waals surface area contributed by atoms with Crippen LogP contribution in [0.2, 0.25) is 5.02 Å². The van der Waals surface area contributed by atoms with Crippen molar-refractivity contribution in [3.05, 3.63) is 75.4 Å². The lowest BCUT2D eigenvalue weighted by Gasteiger charge is -2.09. The van der Waals surface area contributed by atoms with E-state index in [4.69, 9.17) is 16.3 Å². The average molecular weight is 448 g/mol. The van der Waals surface area contributed by atoms with Crippen molar-refractivity contribution in [2.24, 2.45) is 10.2 Å². The first-order chi connectivity index (χ1) is 14.4. The Hall–Kier alpha value is -3.17. The lowest BCUT2D eigenvalue weighted by atomic mass is 10.2. The van der Waals surface area contributed by atoms with Gasteiger partial charge in [-0.3, -0.25) is 10.1 Å². The van der Waals surface area contributed by atoms with Crippen LogP contribution >= 0.6 is 23.4 Å². The smallest absolute Gasteiger partial charge is 0.331 e. The van der Waals surface area contributed by atoms with Crippen LogP contribution in [0.1, 0.15) is 11.1 Å². The number of esters is 1. The molecular formula is C20H15ClFN3O4S. The largest absolute Gasteiger partial charge is 0.488 e. The summed E-state index contributed by atoms with van der Waals surface area (Å²) in [6.45, 7) is 0.212. The van der Waals surface area contributed by atoms with Gasteiger partial charge in [0.05, 0.1) is 18.2 Å². The predicted octanol–water partition coefficient (Wildman–Crippen LogP) is 3.67. The third-order valence-electron chi connectivity index (χ3n) is 3.73. The minimum atomic E-state index is -0.647. The van der Waals surface area contributed by atoms with Crippen molar-refractivity contribution in [1.82, 2.24) is 5.32 Å². The van der Waals surface area contributed by atoms with E-state index in [1.807, 2.05) is 0 Å². The Morgan fingerprint density at radius 3 is 2.77 bits per heavy atom. The summed E-state index contributed by atoms with van der Waals surface area (Å²) in [5.74, 6) is -1.30. The number of rotatable bonds is 6. The molecule has 1 aliphatic heterocycles. The highest BCUT2D eigenvalue weighted by Gasteiger charge is 2.25. The number of nitrogens with zero attached hydrogens (tertiary/aromatic N) is 2. The molecule has 1 aliphatic rings. The summed E-state index contributed by atoms with van der Waals surface area (Å²) in [5, 5.41) is 11.1. The van der Waals surface area contributed by atoms with Gasteiger partial charge in [0.2, 0.25) is 0 Å². The van der Waals surface area contributed by atoms with Crippen molar-refractivity contribution in [2.45, 2.75) is 6.61 Å². The van der Waals surface area contributed by atoms with E-state index in [0.29, 0.717) is 10.6 Å². The third kappa shape index (κ3) is 5.91. The van der Waals surface area contributed by atoms with Gasteiger partial charge in [0, 0.05) is 22.7 Å². The van der Waals surface area contributed by atoms with E-state index in [2.05, 4.69) is 20.3 Å². The average Bonchev–Trinajstić information content (AvgIpc) is 3.07. The number of carbonyl (C=O) groups is 2. The third-order valence-corrected chi connectivity index (χ3v) is 4.88. The lowest BCUT2D eigenvalue weighted by Crippen LogP contribution is -2.19. The molecule has 1 fully saturated rings. The van der Waals surface area contributed by atoms with E-state index in [9.17, 15) is 14.0 Å². The molecule has 1 saturated heterocycles. The number of amidine groups is 1. The highest BCUT2D eigenvalue weighted by atomic mass is 35.5. The molecule has 0 saturated carbocycles. The quantitative estimate of drug-likeness (QED) is 0.316. The Kier molecular flexibility index (Phi) is 7.21. The first-order valence-corrected chi connectivity index (χ1v) is 9.70. The minimum Gasteiger partial charge on any atom is -0.488 e. The summed E-state index contributed by atoms with van der Waals surface area (Å²) in [6.07, 6.45) is 2.44. The molecule has 1 amide bonds. The van der Waals surface area contributed by atoms with Crippen molar-refractivity contribution >= 4 is 46.6 Å². The van der Waals surface area contributed by atoms with Crippen LogP contribution in [0.3, 0.4) is 0 Å². The Balaban J connectivity index is 1.70. The fraction of sp³-hybridized carbons (Fsp3) is 0.100. The molecule has 10 heteroatoms. The number of hydrogen-bond acceptors (Lipinski definition) is 7. The maximum atomic E-state index is 13.6. The maximum absolute atomic E-state index is 13.6. The van der Waals surface area contributed by atoms with Crippen LogP contribution in [0, 0.1) is 5.82 Å². The highest BCUT2D eigenvalue weighted by Crippen LogP contribution is 2.24. The molecule has 1 N–H and O–H groups in total. The summed E-state index contributed by atoms with van der Waals surface area (Å²) < 4.78 is 23.8. The molecule has 0 unspecified atom stereocenters. The predicted molar refractivity (Wildman–Crippen MR) is 113 cm³/mol. The van der Waals surface area contributed by atoms with Gasteiger partial charge in [-0.1, -0.05) is 23.7 Å². The van der Waals surface area contributed by atoms with Gasteiger partial charge in [0.15, 0.2) is 5.17 Å². The zero-order valence-electron chi connectivity index (χ0n) is 15.6. The second-order valence-electron chi connectivity index (χ2n) is 5.83. The summed E-state index contributed by atoms with van der Waals surface area (Å²) in [6, 6.07) is 11.1. The van der Waals surface area contributed by atoms with Crippen LogP contribution in [0.15, 0.2) is 63.6 Å². The molecule has 0 aromatic heterocycles. The topological polar surface area (TPSA) is 89.3 Å². The van der Waals surface area contributed by atoms with Crippen LogP contribution in [0.4, 0.5) is 4.39 Å². The molecule has 0 radical (unpaired) electrons. The second kappa shape index (κ2) is 10.0. The van der Waals surface area contributed by atoms with Gasteiger partial charge in [0.25, 0.3) is 5.91 Å². The molecule has 0 atom stereocenters. The number of hydrogen-bond donors (Lipinski definition) is 1. The van der Waals surface area contributed by atoms with Crippen LogP contribution < -0.4 is 10.1 Å². The number of thioether (sulfide) groups is 1. The number of methoxy groups -OCH3 is 1. The highest BCUT2D eigenvalue weighted by molar-refractivity contribution is 8.18. The number of benzene rings is 2. The molecule has 1 heterocycles. The van der Waals surface area contributed by atoms with Gasteiger partial charge in [-0.2, -0.15) is 5.10 Å².